The molecule has 0 amide bonds. The highest BCUT2D eigenvalue weighted by Crippen LogP contribution is 2.25. The lowest BCUT2D eigenvalue weighted by atomic mass is 9.95. The van der Waals surface area contributed by atoms with Gasteiger partial charge in [0.25, 0.3) is 0 Å². The van der Waals surface area contributed by atoms with Crippen LogP contribution in [0.15, 0.2) is 30.1 Å². The topological polar surface area (TPSA) is 38.0 Å². The number of nitrogens with two attached hydrogens (primary N) is 1. The van der Waals surface area contributed by atoms with Gasteiger partial charge in [-0.2, -0.15) is 0 Å². The Bertz CT molecular complexity index is 385. The SMILES string of the molecule is Cc1c(F)cccc1[C@@H]1C=C(N)NC1. The number of halogens is 1. The molecule has 0 radical (unpaired) electrons. The molecule has 1 heterocycles. The minimum atomic E-state index is -0.152. The van der Waals surface area contributed by atoms with Crippen molar-refractivity contribution in [2.45, 2.75) is 12.8 Å². The quantitative estimate of drug-likeness (QED) is 0.709. The molecule has 74 valence electrons. The first-order valence-electron chi connectivity index (χ1n) is 4.64. The third-order valence-electron chi connectivity index (χ3n) is 2.62. The predicted molar refractivity (Wildman–Crippen MR) is 54.2 cm³/mol. The van der Waals surface area contributed by atoms with Gasteiger partial charge >= 0.3 is 0 Å². The van der Waals surface area contributed by atoms with Crippen LogP contribution in [0.25, 0.3) is 0 Å². The van der Waals surface area contributed by atoms with Gasteiger partial charge in [-0.3, -0.25) is 0 Å². The van der Waals surface area contributed by atoms with Crippen LogP contribution in [-0.2, 0) is 0 Å². The van der Waals surface area contributed by atoms with E-state index in [2.05, 4.69) is 5.32 Å². The third-order valence-corrected chi connectivity index (χ3v) is 2.62. The van der Waals surface area contributed by atoms with E-state index in [9.17, 15) is 4.39 Å². The van der Waals surface area contributed by atoms with Crippen molar-refractivity contribution in [3.05, 3.63) is 47.0 Å². The summed E-state index contributed by atoms with van der Waals surface area (Å²) >= 11 is 0. The highest BCUT2D eigenvalue weighted by atomic mass is 19.1. The van der Waals surface area contributed by atoms with Crippen molar-refractivity contribution in [2.75, 3.05) is 6.54 Å². The van der Waals surface area contributed by atoms with Crippen LogP contribution in [0, 0.1) is 12.7 Å². The molecule has 2 nitrogen and oxygen atoms in total. The molecule has 1 aromatic carbocycles. The van der Waals surface area contributed by atoms with E-state index >= 15 is 0 Å². The highest BCUT2D eigenvalue weighted by Gasteiger charge is 2.17. The van der Waals surface area contributed by atoms with Gasteiger partial charge in [0.2, 0.25) is 0 Å². The number of hydrogen-bond acceptors (Lipinski definition) is 2. The lowest BCUT2D eigenvalue weighted by molar-refractivity contribution is 0.613. The first kappa shape index (κ1) is 9.06. The van der Waals surface area contributed by atoms with E-state index in [0.29, 0.717) is 11.4 Å². The Balaban J connectivity index is 2.37. The lowest BCUT2D eigenvalue weighted by Crippen LogP contribution is -2.16. The molecule has 0 bridgehead atoms. The largest absolute Gasteiger partial charge is 0.386 e. The van der Waals surface area contributed by atoms with Crippen molar-refractivity contribution < 1.29 is 4.39 Å². The van der Waals surface area contributed by atoms with Crippen molar-refractivity contribution in [1.82, 2.24) is 5.32 Å². The Morgan fingerprint density at radius 3 is 2.93 bits per heavy atom. The Hall–Kier alpha value is -1.51. The molecule has 1 aliphatic heterocycles. The van der Waals surface area contributed by atoms with E-state index in [1.807, 2.05) is 12.1 Å². The smallest absolute Gasteiger partial charge is 0.126 e. The Labute approximate surface area is 82.6 Å². The molecule has 3 N–H and O–H groups in total. The summed E-state index contributed by atoms with van der Waals surface area (Å²) in [5.74, 6) is 0.728. The van der Waals surface area contributed by atoms with Crippen LogP contribution in [-0.4, -0.2) is 6.54 Å². The third kappa shape index (κ3) is 1.45. The number of nitrogens with one attached hydrogen (secondary N) is 1. The Morgan fingerprint density at radius 2 is 2.29 bits per heavy atom. The predicted octanol–water partition coefficient (Wildman–Crippen LogP) is 1.62. The molecule has 0 spiro atoms. The second-order valence-corrected chi connectivity index (χ2v) is 3.56. The van der Waals surface area contributed by atoms with Crippen LogP contribution in [0.4, 0.5) is 4.39 Å². The van der Waals surface area contributed by atoms with Gasteiger partial charge in [0, 0.05) is 12.5 Å². The molecule has 0 unspecified atom stereocenters. The van der Waals surface area contributed by atoms with Crippen LogP contribution in [0.3, 0.4) is 0 Å². The monoisotopic (exact) mass is 192 g/mol. The van der Waals surface area contributed by atoms with Gasteiger partial charge in [-0.05, 0) is 30.2 Å². The fraction of sp³-hybridized carbons (Fsp3) is 0.273. The molecule has 1 aromatic rings. The maximum absolute atomic E-state index is 13.3. The van der Waals surface area contributed by atoms with Crippen molar-refractivity contribution in [3.63, 3.8) is 0 Å². The minimum absolute atomic E-state index is 0.152. The van der Waals surface area contributed by atoms with Gasteiger partial charge in [-0.1, -0.05) is 12.1 Å². The molecule has 0 aromatic heterocycles. The van der Waals surface area contributed by atoms with Crippen molar-refractivity contribution in [2.24, 2.45) is 5.73 Å². The van der Waals surface area contributed by atoms with Gasteiger partial charge in [-0.25, -0.2) is 4.39 Å². The average Bonchev–Trinajstić information content (AvgIpc) is 2.57. The van der Waals surface area contributed by atoms with Crippen LogP contribution in [0.2, 0.25) is 0 Å². The van der Waals surface area contributed by atoms with E-state index in [1.165, 1.54) is 6.07 Å². The molecule has 1 aliphatic rings. The maximum atomic E-state index is 13.3. The normalized spacial score (nSPS) is 20.4. The number of hydrogen-bond donors (Lipinski definition) is 2. The number of benzene rings is 1. The van der Waals surface area contributed by atoms with Crippen molar-refractivity contribution in [3.8, 4) is 0 Å². The van der Waals surface area contributed by atoms with E-state index in [-0.39, 0.29) is 11.7 Å². The number of rotatable bonds is 1. The summed E-state index contributed by atoms with van der Waals surface area (Å²) in [4.78, 5) is 0. The Morgan fingerprint density at radius 1 is 1.50 bits per heavy atom. The molecule has 1 atom stereocenters. The molecule has 0 aliphatic carbocycles. The van der Waals surface area contributed by atoms with Crippen LogP contribution in [0.5, 0.6) is 0 Å². The second-order valence-electron chi connectivity index (χ2n) is 3.56. The van der Waals surface area contributed by atoms with Crippen molar-refractivity contribution >= 4 is 0 Å². The first-order valence-corrected chi connectivity index (χ1v) is 4.64. The molecular formula is C11H13FN2. The van der Waals surface area contributed by atoms with Gasteiger partial charge < -0.3 is 11.1 Å². The van der Waals surface area contributed by atoms with Gasteiger partial charge in [0.05, 0.1) is 5.82 Å². The fourth-order valence-electron chi connectivity index (χ4n) is 1.79. The van der Waals surface area contributed by atoms with Gasteiger partial charge in [-0.15, -0.1) is 0 Å². The van der Waals surface area contributed by atoms with Gasteiger partial charge in [0.1, 0.15) is 5.82 Å². The molecule has 2 rings (SSSR count). The maximum Gasteiger partial charge on any atom is 0.126 e. The second kappa shape index (κ2) is 3.33. The summed E-state index contributed by atoms with van der Waals surface area (Å²) in [6, 6.07) is 5.16. The zero-order valence-corrected chi connectivity index (χ0v) is 8.05. The molecule has 0 saturated heterocycles. The summed E-state index contributed by atoms with van der Waals surface area (Å²) in [6.45, 7) is 2.56. The van der Waals surface area contributed by atoms with E-state index in [1.54, 1.807) is 13.0 Å². The van der Waals surface area contributed by atoms with Crippen LogP contribution in [0.1, 0.15) is 17.0 Å². The van der Waals surface area contributed by atoms with Gasteiger partial charge in [0.15, 0.2) is 0 Å². The summed E-state index contributed by atoms with van der Waals surface area (Å²) in [5, 5.41) is 3.03. The fourth-order valence-corrected chi connectivity index (χ4v) is 1.79. The highest BCUT2D eigenvalue weighted by molar-refractivity contribution is 5.35. The summed E-state index contributed by atoms with van der Waals surface area (Å²) in [6.07, 6.45) is 1.93. The summed E-state index contributed by atoms with van der Waals surface area (Å²) in [5.41, 5.74) is 7.33. The van der Waals surface area contributed by atoms with Crippen LogP contribution < -0.4 is 11.1 Å². The minimum Gasteiger partial charge on any atom is -0.386 e. The molecule has 3 heteroatoms. The first-order chi connectivity index (χ1) is 6.68. The van der Waals surface area contributed by atoms with Crippen molar-refractivity contribution in [1.29, 1.82) is 0 Å². The zero-order chi connectivity index (χ0) is 10.1. The van der Waals surface area contributed by atoms with E-state index in [0.717, 1.165) is 12.1 Å². The molecule has 14 heavy (non-hydrogen) atoms. The summed E-state index contributed by atoms with van der Waals surface area (Å²) in [7, 11) is 0. The molecule has 0 fully saturated rings. The molecular weight excluding hydrogens is 179 g/mol. The standard InChI is InChI=1S/C11H13FN2/c1-7-9(3-2-4-10(7)12)8-5-11(13)14-6-8/h2-5,8,14H,6,13H2,1H3/t8-/m1/s1. The van der Waals surface area contributed by atoms with Crippen LogP contribution >= 0.6 is 0 Å². The Kier molecular flexibility index (Phi) is 2.15. The average molecular weight is 192 g/mol. The van der Waals surface area contributed by atoms with E-state index < -0.39 is 0 Å². The summed E-state index contributed by atoms with van der Waals surface area (Å²) < 4.78 is 13.3. The zero-order valence-electron chi connectivity index (χ0n) is 8.05. The lowest BCUT2D eigenvalue weighted by Gasteiger charge is -2.11. The van der Waals surface area contributed by atoms with E-state index in [4.69, 9.17) is 5.73 Å². The molecule has 0 saturated carbocycles.